The van der Waals surface area contributed by atoms with Crippen LogP contribution in [0.5, 0.6) is 5.75 Å². The number of anilines is 2. The Bertz CT molecular complexity index is 1010. The topological polar surface area (TPSA) is 138 Å². The second-order valence-corrected chi connectivity index (χ2v) is 6.76. The lowest BCUT2D eigenvalue weighted by Gasteiger charge is -2.23. The van der Waals surface area contributed by atoms with Gasteiger partial charge in [-0.25, -0.2) is 9.59 Å². The van der Waals surface area contributed by atoms with Crippen molar-refractivity contribution in [3.05, 3.63) is 53.6 Å². The van der Waals surface area contributed by atoms with E-state index in [2.05, 4.69) is 26.6 Å². The predicted octanol–water partition coefficient (Wildman–Crippen LogP) is 2.01. The van der Waals surface area contributed by atoms with E-state index in [-0.39, 0.29) is 12.6 Å². The Balaban J connectivity index is 1.74. The van der Waals surface area contributed by atoms with E-state index >= 15 is 0 Å². The fourth-order valence-electron chi connectivity index (χ4n) is 3.05. The van der Waals surface area contributed by atoms with Crippen molar-refractivity contribution in [1.29, 1.82) is 0 Å². The summed E-state index contributed by atoms with van der Waals surface area (Å²) in [6, 6.07) is 10.6. The molecule has 10 nitrogen and oxygen atoms in total. The zero-order valence-electron chi connectivity index (χ0n) is 17.1. The maximum atomic E-state index is 12.8. The van der Waals surface area contributed by atoms with Gasteiger partial charge in [0.05, 0.1) is 13.0 Å². The van der Waals surface area contributed by atoms with Gasteiger partial charge in [-0.15, -0.1) is 0 Å². The van der Waals surface area contributed by atoms with Crippen molar-refractivity contribution in [2.24, 2.45) is 0 Å². The zero-order chi connectivity index (χ0) is 22.4. The Kier molecular flexibility index (Phi) is 6.71. The predicted molar refractivity (Wildman–Crippen MR) is 114 cm³/mol. The van der Waals surface area contributed by atoms with Gasteiger partial charge in [0.1, 0.15) is 5.75 Å². The van der Waals surface area contributed by atoms with E-state index in [0.29, 0.717) is 34.8 Å². The molecule has 0 aromatic heterocycles. The van der Waals surface area contributed by atoms with Crippen molar-refractivity contribution >= 4 is 35.3 Å². The Morgan fingerprint density at radius 3 is 2.35 bits per heavy atom. The van der Waals surface area contributed by atoms with E-state index in [4.69, 9.17) is 4.74 Å². The molecule has 3 rings (SSSR count). The van der Waals surface area contributed by atoms with Gasteiger partial charge in [-0.1, -0.05) is 0 Å². The number of amides is 6. The van der Waals surface area contributed by atoms with Crippen molar-refractivity contribution in [2.75, 3.05) is 30.8 Å². The molecule has 162 valence electrons. The van der Waals surface area contributed by atoms with Crippen molar-refractivity contribution in [3.8, 4) is 5.75 Å². The standard InChI is InChI=1S/C21H23N5O5/c1-3-22-20(29)25-15-6-4-14(5-7-15)24-18(27)13-8-12(9-16(10-13)31-2)17-11-23-21(30)26-19(17)28/h4-10,17H,3,11H2,1-2H3,(H,24,27)(H2,22,25,29)(H2,23,26,28,30). The van der Waals surface area contributed by atoms with E-state index in [1.54, 1.807) is 42.5 Å². The number of hydrogen-bond donors (Lipinski definition) is 5. The first-order chi connectivity index (χ1) is 14.9. The van der Waals surface area contributed by atoms with Crippen LogP contribution < -0.4 is 31.3 Å². The molecule has 1 atom stereocenters. The Morgan fingerprint density at radius 1 is 1.06 bits per heavy atom. The number of nitrogens with one attached hydrogen (secondary N) is 5. The lowest BCUT2D eigenvalue weighted by atomic mass is 9.94. The first kappa shape index (κ1) is 21.6. The molecule has 5 N–H and O–H groups in total. The van der Waals surface area contributed by atoms with Crippen LogP contribution in [-0.4, -0.2) is 44.1 Å². The molecule has 10 heteroatoms. The van der Waals surface area contributed by atoms with Crippen LogP contribution >= 0.6 is 0 Å². The highest BCUT2D eigenvalue weighted by atomic mass is 16.5. The fourth-order valence-corrected chi connectivity index (χ4v) is 3.05. The Labute approximate surface area is 178 Å². The number of carbonyl (C=O) groups is 4. The minimum absolute atomic E-state index is 0.124. The average Bonchev–Trinajstić information content (AvgIpc) is 2.75. The number of ether oxygens (including phenoxy) is 1. The van der Waals surface area contributed by atoms with Crippen LogP contribution in [0.2, 0.25) is 0 Å². The summed E-state index contributed by atoms with van der Waals surface area (Å²) >= 11 is 0. The molecule has 31 heavy (non-hydrogen) atoms. The number of benzene rings is 2. The summed E-state index contributed by atoms with van der Waals surface area (Å²) in [5, 5.41) is 12.9. The Hall–Kier alpha value is -4.08. The number of imide groups is 1. The molecule has 1 unspecified atom stereocenters. The van der Waals surface area contributed by atoms with Gasteiger partial charge < -0.3 is 26.0 Å². The molecule has 0 aliphatic carbocycles. The molecule has 1 saturated heterocycles. The summed E-state index contributed by atoms with van der Waals surface area (Å²) < 4.78 is 5.27. The summed E-state index contributed by atoms with van der Waals surface area (Å²) in [4.78, 5) is 47.8. The van der Waals surface area contributed by atoms with E-state index in [1.807, 2.05) is 6.92 Å². The highest BCUT2D eigenvalue weighted by Gasteiger charge is 2.28. The molecule has 6 amide bonds. The fraction of sp³-hybridized carbons (Fsp3) is 0.238. The first-order valence-electron chi connectivity index (χ1n) is 9.63. The summed E-state index contributed by atoms with van der Waals surface area (Å²) in [5.74, 6) is -1.07. The van der Waals surface area contributed by atoms with Gasteiger partial charge in [0, 0.05) is 30.0 Å². The number of rotatable bonds is 6. The van der Waals surface area contributed by atoms with Gasteiger partial charge in [0.25, 0.3) is 5.91 Å². The zero-order valence-corrected chi connectivity index (χ0v) is 17.1. The minimum Gasteiger partial charge on any atom is -0.497 e. The molecular formula is C21H23N5O5. The van der Waals surface area contributed by atoms with Crippen LogP contribution in [0.15, 0.2) is 42.5 Å². The quantitative estimate of drug-likeness (QED) is 0.482. The second kappa shape index (κ2) is 9.61. The van der Waals surface area contributed by atoms with Gasteiger partial charge >= 0.3 is 12.1 Å². The van der Waals surface area contributed by atoms with Gasteiger partial charge in [-0.05, 0) is 55.0 Å². The normalized spacial score (nSPS) is 15.4. The molecule has 2 aromatic carbocycles. The van der Waals surface area contributed by atoms with Crippen LogP contribution in [-0.2, 0) is 4.79 Å². The third kappa shape index (κ3) is 5.50. The highest BCUT2D eigenvalue weighted by molar-refractivity contribution is 6.05. The molecule has 0 saturated carbocycles. The molecule has 0 radical (unpaired) electrons. The Morgan fingerprint density at radius 2 is 1.74 bits per heavy atom. The SMILES string of the molecule is CCNC(=O)Nc1ccc(NC(=O)c2cc(OC)cc(C3CNC(=O)NC3=O)c2)cc1. The lowest BCUT2D eigenvalue weighted by molar-refractivity contribution is -0.122. The van der Waals surface area contributed by atoms with Gasteiger partial charge in [0.15, 0.2) is 0 Å². The third-order valence-corrected chi connectivity index (χ3v) is 4.59. The van der Waals surface area contributed by atoms with Crippen molar-refractivity contribution in [1.82, 2.24) is 16.0 Å². The van der Waals surface area contributed by atoms with Crippen LogP contribution in [0.25, 0.3) is 0 Å². The van der Waals surface area contributed by atoms with Gasteiger partial charge in [0.2, 0.25) is 5.91 Å². The lowest BCUT2D eigenvalue weighted by Crippen LogP contribution is -2.50. The number of urea groups is 2. The average molecular weight is 425 g/mol. The molecular weight excluding hydrogens is 402 g/mol. The summed E-state index contributed by atoms with van der Waals surface area (Å²) in [6.07, 6.45) is 0. The van der Waals surface area contributed by atoms with Crippen molar-refractivity contribution in [3.63, 3.8) is 0 Å². The maximum absolute atomic E-state index is 12.8. The first-order valence-corrected chi connectivity index (χ1v) is 9.63. The molecule has 1 aliphatic heterocycles. The summed E-state index contributed by atoms with van der Waals surface area (Å²) in [6.45, 7) is 2.45. The number of methoxy groups -OCH3 is 1. The molecule has 0 bridgehead atoms. The molecule has 1 aliphatic rings. The second-order valence-electron chi connectivity index (χ2n) is 6.76. The molecule has 2 aromatic rings. The van der Waals surface area contributed by atoms with E-state index in [9.17, 15) is 19.2 Å². The van der Waals surface area contributed by atoms with Crippen LogP contribution in [0, 0.1) is 0 Å². The summed E-state index contributed by atoms with van der Waals surface area (Å²) in [7, 11) is 1.46. The maximum Gasteiger partial charge on any atom is 0.321 e. The van der Waals surface area contributed by atoms with E-state index in [1.165, 1.54) is 7.11 Å². The highest BCUT2D eigenvalue weighted by Crippen LogP contribution is 2.25. The minimum atomic E-state index is -0.640. The molecule has 1 fully saturated rings. The third-order valence-electron chi connectivity index (χ3n) is 4.59. The van der Waals surface area contributed by atoms with Crippen molar-refractivity contribution < 1.29 is 23.9 Å². The van der Waals surface area contributed by atoms with Gasteiger partial charge in [-0.2, -0.15) is 0 Å². The number of hydrogen-bond acceptors (Lipinski definition) is 5. The van der Waals surface area contributed by atoms with Gasteiger partial charge in [-0.3, -0.25) is 14.9 Å². The van der Waals surface area contributed by atoms with Crippen LogP contribution in [0.1, 0.15) is 28.8 Å². The monoisotopic (exact) mass is 425 g/mol. The smallest absolute Gasteiger partial charge is 0.321 e. The van der Waals surface area contributed by atoms with E-state index < -0.39 is 23.8 Å². The largest absolute Gasteiger partial charge is 0.497 e. The summed E-state index contributed by atoms with van der Waals surface area (Å²) in [5.41, 5.74) is 1.95. The van der Waals surface area contributed by atoms with Crippen LogP contribution in [0.4, 0.5) is 21.0 Å². The molecule has 1 heterocycles. The van der Waals surface area contributed by atoms with Crippen molar-refractivity contribution in [2.45, 2.75) is 12.8 Å². The van der Waals surface area contributed by atoms with Crippen LogP contribution in [0.3, 0.4) is 0 Å². The molecule has 0 spiro atoms. The number of carbonyl (C=O) groups excluding carboxylic acids is 4. The van der Waals surface area contributed by atoms with E-state index in [0.717, 1.165) is 0 Å².